The van der Waals surface area contributed by atoms with Crippen molar-refractivity contribution >= 4 is 29.2 Å². The summed E-state index contributed by atoms with van der Waals surface area (Å²) in [5.41, 5.74) is 2.38. The van der Waals surface area contributed by atoms with Crippen LogP contribution in [0, 0.1) is 12.7 Å². The maximum absolute atomic E-state index is 13.8. The van der Waals surface area contributed by atoms with Crippen LogP contribution < -0.4 is 15.0 Å². The first kappa shape index (κ1) is 23.9. The molecule has 35 heavy (non-hydrogen) atoms. The summed E-state index contributed by atoms with van der Waals surface area (Å²) in [6.45, 7) is 4.26. The lowest BCUT2D eigenvalue weighted by Gasteiger charge is -2.21. The van der Waals surface area contributed by atoms with E-state index in [2.05, 4.69) is 5.32 Å². The normalized spacial score (nSPS) is 15.5. The molecule has 4 amide bonds. The van der Waals surface area contributed by atoms with Gasteiger partial charge in [-0.15, -0.1) is 0 Å². The predicted octanol–water partition coefficient (Wildman–Crippen LogP) is 4.90. The van der Waals surface area contributed by atoms with Crippen LogP contribution in [0.1, 0.15) is 24.5 Å². The number of hydrogen-bond acceptors (Lipinski definition) is 4. The average Bonchev–Trinajstić information content (AvgIpc) is 3.04. The van der Waals surface area contributed by atoms with Crippen LogP contribution in [0.2, 0.25) is 0 Å². The third-order valence-corrected chi connectivity index (χ3v) is 5.65. The number of ether oxygens (including phenoxy) is 1. The summed E-state index contributed by atoms with van der Waals surface area (Å²) in [5.74, 6) is -0.688. The first-order chi connectivity index (χ1) is 16.9. The van der Waals surface area contributed by atoms with Gasteiger partial charge >= 0.3 is 6.03 Å². The molecule has 1 atom stereocenters. The van der Waals surface area contributed by atoms with Gasteiger partial charge in [0.1, 0.15) is 17.6 Å². The van der Waals surface area contributed by atoms with Gasteiger partial charge in [-0.25, -0.2) is 14.1 Å². The molecule has 1 aliphatic heterocycles. The molecule has 180 valence electrons. The molecule has 7 nitrogen and oxygen atoms in total. The summed E-state index contributed by atoms with van der Waals surface area (Å²) >= 11 is 0. The lowest BCUT2D eigenvalue weighted by atomic mass is 10.1. The summed E-state index contributed by atoms with van der Waals surface area (Å²) in [7, 11) is 0. The minimum Gasteiger partial charge on any atom is -0.494 e. The van der Waals surface area contributed by atoms with Crippen molar-refractivity contribution in [3.8, 4) is 5.75 Å². The van der Waals surface area contributed by atoms with E-state index in [9.17, 15) is 18.8 Å². The molecule has 1 N–H and O–H groups in total. The van der Waals surface area contributed by atoms with E-state index in [0.717, 1.165) is 10.5 Å². The minimum absolute atomic E-state index is 0.00828. The lowest BCUT2D eigenvalue weighted by Crippen LogP contribution is -2.37. The molecule has 3 aromatic rings. The van der Waals surface area contributed by atoms with Gasteiger partial charge in [0.2, 0.25) is 5.91 Å². The van der Waals surface area contributed by atoms with E-state index in [-0.39, 0.29) is 13.0 Å². The number of hydrogen-bond donors (Lipinski definition) is 1. The lowest BCUT2D eigenvalue weighted by molar-refractivity contribution is -0.124. The number of rotatable bonds is 8. The zero-order valence-electron chi connectivity index (χ0n) is 19.5. The Labute approximate surface area is 203 Å². The smallest absolute Gasteiger partial charge is 0.332 e. The Bertz CT molecular complexity index is 1250. The number of urea groups is 1. The number of nitrogens with zero attached hydrogens (tertiary/aromatic N) is 2. The third-order valence-electron chi connectivity index (χ3n) is 5.65. The number of halogens is 1. The SMILES string of the molecule is CCOc1ccc(NC(=O)C[C@H]2C(=O)N(c3cccc(C)c3)C(=O)N2Cc2cccc(F)c2)cc1. The Morgan fingerprint density at radius 3 is 2.46 bits per heavy atom. The van der Waals surface area contributed by atoms with Crippen molar-refractivity contribution in [3.05, 3.63) is 89.7 Å². The van der Waals surface area contributed by atoms with Crippen LogP contribution in [0.25, 0.3) is 0 Å². The fraction of sp³-hybridized carbons (Fsp3) is 0.222. The van der Waals surface area contributed by atoms with Crippen molar-refractivity contribution in [2.24, 2.45) is 0 Å². The molecule has 0 bridgehead atoms. The van der Waals surface area contributed by atoms with Crippen LogP contribution in [0.3, 0.4) is 0 Å². The van der Waals surface area contributed by atoms with Crippen LogP contribution in [-0.4, -0.2) is 35.4 Å². The standard InChI is InChI=1S/C27H26FN3O4/c1-3-35-23-12-10-21(11-13-23)29-25(32)16-24-26(33)31(22-9-4-6-18(2)14-22)27(34)30(24)17-19-7-5-8-20(28)15-19/h4-15,24H,3,16-17H2,1-2H3,(H,29,32)/t24-/m0/s1. The molecule has 8 heteroatoms. The molecule has 4 rings (SSSR count). The monoisotopic (exact) mass is 475 g/mol. The zero-order valence-corrected chi connectivity index (χ0v) is 19.5. The number of carbonyl (C=O) groups excluding carboxylic acids is 3. The molecule has 1 aliphatic rings. The maximum Gasteiger partial charge on any atom is 0.332 e. The third kappa shape index (κ3) is 5.48. The molecule has 0 spiro atoms. The Morgan fingerprint density at radius 1 is 1.03 bits per heavy atom. The van der Waals surface area contributed by atoms with E-state index >= 15 is 0 Å². The predicted molar refractivity (Wildman–Crippen MR) is 131 cm³/mol. The highest BCUT2D eigenvalue weighted by atomic mass is 19.1. The molecule has 0 radical (unpaired) electrons. The molecule has 1 heterocycles. The second-order valence-electron chi connectivity index (χ2n) is 8.28. The average molecular weight is 476 g/mol. The van der Waals surface area contributed by atoms with Gasteiger partial charge in [-0.2, -0.15) is 0 Å². The van der Waals surface area contributed by atoms with Gasteiger partial charge in [0.25, 0.3) is 5.91 Å². The van der Waals surface area contributed by atoms with E-state index in [0.29, 0.717) is 29.3 Å². The fourth-order valence-electron chi connectivity index (χ4n) is 4.04. The van der Waals surface area contributed by atoms with Crippen LogP contribution in [-0.2, 0) is 16.1 Å². The number of aryl methyl sites for hydroxylation is 1. The molecule has 0 aromatic heterocycles. The van der Waals surface area contributed by atoms with Crippen molar-refractivity contribution < 1.29 is 23.5 Å². The van der Waals surface area contributed by atoms with Crippen LogP contribution in [0.5, 0.6) is 5.75 Å². The van der Waals surface area contributed by atoms with Crippen LogP contribution in [0.4, 0.5) is 20.6 Å². The van der Waals surface area contributed by atoms with Crippen molar-refractivity contribution in [2.75, 3.05) is 16.8 Å². The Morgan fingerprint density at radius 2 is 1.77 bits per heavy atom. The van der Waals surface area contributed by atoms with Gasteiger partial charge in [0, 0.05) is 12.2 Å². The number of amides is 4. The molecule has 1 saturated heterocycles. The Hall–Kier alpha value is -4.20. The van der Waals surface area contributed by atoms with Crippen molar-refractivity contribution in [1.29, 1.82) is 0 Å². The summed E-state index contributed by atoms with van der Waals surface area (Å²) in [4.78, 5) is 42.0. The number of benzene rings is 3. The first-order valence-corrected chi connectivity index (χ1v) is 11.3. The largest absolute Gasteiger partial charge is 0.494 e. The second kappa shape index (κ2) is 10.4. The van der Waals surface area contributed by atoms with Gasteiger partial charge in [-0.3, -0.25) is 9.59 Å². The number of anilines is 2. The molecule has 0 saturated carbocycles. The molecular weight excluding hydrogens is 449 g/mol. The van der Waals surface area contributed by atoms with E-state index in [1.807, 2.05) is 19.9 Å². The molecule has 0 unspecified atom stereocenters. The van der Waals surface area contributed by atoms with Crippen LogP contribution in [0.15, 0.2) is 72.8 Å². The zero-order chi connectivity index (χ0) is 24.9. The molecule has 0 aliphatic carbocycles. The van der Waals surface area contributed by atoms with Gasteiger partial charge in [0.05, 0.1) is 18.7 Å². The van der Waals surface area contributed by atoms with Crippen molar-refractivity contribution in [1.82, 2.24) is 4.90 Å². The van der Waals surface area contributed by atoms with E-state index in [1.54, 1.807) is 54.6 Å². The fourth-order valence-corrected chi connectivity index (χ4v) is 4.04. The Balaban J connectivity index is 1.57. The number of nitrogens with one attached hydrogen (secondary N) is 1. The molecule has 1 fully saturated rings. The summed E-state index contributed by atoms with van der Waals surface area (Å²) in [6, 6.07) is 18.1. The summed E-state index contributed by atoms with van der Waals surface area (Å²) in [5, 5.41) is 2.77. The topological polar surface area (TPSA) is 79.0 Å². The van der Waals surface area contributed by atoms with E-state index in [1.165, 1.54) is 17.0 Å². The highest BCUT2D eigenvalue weighted by Gasteiger charge is 2.46. The van der Waals surface area contributed by atoms with Gasteiger partial charge in [-0.1, -0.05) is 24.3 Å². The molecule has 3 aromatic carbocycles. The van der Waals surface area contributed by atoms with Crippen molar-refractivity contribution in [3.63, 3.8) is 0 Å². The number of carbonyl (C=O) groups is 3. The van der Waals surface area contributed by atoms with Gasteiger partial charge in [0.15, 0.2) is 0 Å². The van der Waals surface area contributed by atoms with E-state index < -0.39 is 29.7 Å². The van der Waals surface area contributed by atoms with E-state index in [4.69, 9.17) is 4.74 Å². The number of imide groups is 1. The van der Waals surface area contributed by atoms with Crippen molar-refractivity contribution in [2.45, 2.75) is 32.9 Å². The summed E-state index contributed by atoms with van der Waals surface area (Å²) < 4.78 is 19.2. The first-order valence-electron chi connectivity index (χ1n) is 11.3. The minimum atomic E-state index is -1.03. The highest BCUT2D eigenvalue weighted by molar-refractivity contribution is 6.22. The maximum atomic E-state index is 13.8. The highest BCUT2D eigenvalue weighted by Crippen LogP contribution is 2.29. The van der Waals surface area contributed by atoms with Crippen LogP contribution >= 0.6 is 0 Å². The molecular formula is C27H26FN3O4. The second-order valence-corrected chi connectivity index (χ2v) is 8.28. The summed E-state index contributed by atoms with van der Waals surface area (Å²) in [6.07, 6.45) is -0.241. The quantitative estimate of drug-likeness (QED) is 0.470. The van der Waals surface area contributed by atoms with Gasteiger partial charge < -0.3 is 15.0 Å². The van der Waals surface area contributed by atoms with Gasteiger partial charge in [-0.05, 0) is 73.5 Å². The Kier molecular flexibility index (Phi) is 7.10.